The van der Waals surface area contributed by atoms with Crippen molar-refractivity contribution < 1.29 is 0 Å². The molecule has 0 radical (unpaired) electrons. The van der Waals surface area contributed by atoms with Crippen molar-refractivity contribution >= 4 is 74.9 Å². The molecule has 3 aromatic heterocycles. The van der Waals surface area contributed by atoms with Crippen molar-refractivity contribution in [3.63, 3.8) is 0 Å². The molecule has 298 valence electrons. The maximum Gasteiger partial charge on any atom is 0.166 e. The van der Waals surface area contributed by atoms with Crippen LogP contribution in [0.4, 0.5) is 0 Å². The minimum absolute atomic E-state index is 0.603. The monoisotopic (exact) mass is 832 g/mol. The van der Waals surface area contributed by atoms with Gasteiger partial charge in [0.25, 0.3) is 0 Å². The predicted octanol–water partition coefficient (Wildman–Crippen LogP) is 16.0. The lowest BCUT2D eigenvalue weighted by atomic mass is 9.99. The smallest absolute Gasteiger partial charge is 0.166 e. The third kappa shape index (κ3) is 6.01. The lowest BCUT2D eigenvalue weighted by molar-refractivity contribution is 1.07. The summed E-state index contributed by atoms with van der Waals surface area (Å²) in [6.45, 7) is 0. The van der Waals surface area contributed by atoms with Crippen LogP contribution in [-0.4, -0.2) is 19.5 Å². The van der Waals surface area contributed by atoms with Crippen LogP contribution in [0.2, 0.25) is 0 Å². The maximum atomic E-state index is 5.42. The standard InChI is InChI=1S/C59H36N4S/c1-2-13-37(14-3-1)41-27-31-50(54(36-41)63-52-22-9-6-19-47(52)48-20-7-10-23-53(48)63)59-61-57(60-58(62-59)44-28-30-46-42(34-44)26-25-38-15-4-5-18-45(38)46)43-17-12-16-39(33-43)40-29-32-56-51(35-40)49-21-8-11-24-55(49)64-56/h1-36H. The van der Waals surface area contributed by atoms with Crippen molar-refractivity contribution in [3.05, 3.63) is 218 Å². The molecule has 0 saturated heterocycles. The van der Waals surface area contributed by atoms with E-state index >= 15 is 0 Å². The first-order chi connectivity index (χ1) is 31.7. The minimum atomic E-state index is 0.603. The number of rotatable bonds is 6. The van der Waals surface area contributed by atoms with E-state index in [0.29, 0.717) is 17.5 Å². The van der Waals surface area contributed by atoms with Gasteiger partial charge in [-0.25, -0.2) is 15.0 Å². The number of benzene rings is 10. The Balaban J connectivity index is 1.05. The highest BCUT2D eigenvalue weighted by molar-refractivity contribution is 7.25. The first-order valence-corrected chi connectivity index (χ1v) is 22.4. The number of hydrogen-bond donors (Lipinski definition) is 0. The SMILES string of the molecule is c1ccc(-c2ccc(-c3nc(-c4cccc(-c5ccc6sc7ccccc7c6c5)c4)nc(-c4ccc5c(ccc6ccccc65)c4)n3)c(-n3c4ccccc4c4ccccc43)c2)cc1. The molecule has 0 bridgehead atoms. The van der Waals surface area contributed by atoms with Crippen LogP contribution in [0.25, 0.3) is 126 Å². The molecule has 0 aliphatic carbocycles. The van der Waals surface area contributed by atoms with Crippen molar-refractivity contribution in [2.24, 2.45) is 0 Å². The Morgan fingerprint density at radius 1 is 0.297 bits per heavy atom. The van der Waals surface area contributed by atoms with Crippen LogP contribution in [0.3, 0.4) is 0 Å². The van der Waals surface area contributed by atoms with Crippen molar-refractivity contribution in [1.29, 1.82) is 0 Å². The summed E-state index contributed by atoms with van der Waals surface area (Å²) in [6, 6.07) is 78.2. The van der Waals surface area contributed by atoms with Gasteiger partial charge in [-0.15, -0.1) is 11.3 Å². The van der Waals surface area contributed by atoms with Gasteiger partial charge in [0.1, 0.15) is 0 Å². The number of nitrogens with zero attached hydrogens (tertiary/aromatic N) is 4. The minimum Gasteiger partial charge on any atom is -0.308 e. The van der Waals surface area contributed by atoms with Crippen LogP contribution in [0.1, 0.15) is 0 Å². The second kappa shape index (κ2) is 14.7. The summed E-state index contributed by atoms with van der Waals surface area (Å²) >= 11 is 1.84. The fourth-order valence-electron chi connectivity index (χ4n) is 9.55. The second-order valence-electron chi connectivity index (χ2n) is 16.4. The lowest BCUT2D eigenvalue weighted by Gasteiger charge is -2.16. The first kappa shape index (κ1) is 36.4. The Morgan fingerprint density at radius 3 is 1.66 bits per heavy atom. The van der Waals surface area contributed by atoms with Gasteiger partial charge in [0.15, 0.2) is 17.5 Å². The number of thiophene rings is 1. The van der Waals surface area contributed by atoms with Gasteiger partial charge >= 0.3 is 0 Å². The molecule has 0 atom stereocenters. The molecule has 64 heavy (non-hydrogen) atoms. The van der Waals surface area contributed by atoms with Crippen LogP contribution in [0.5, 0.6) is 0 Å². The van der Waals surface area contributed by atoms with Gasteiger partial charge in [0, 0.05) is 47.6 Å². The Kier molecular flexibility index (Phi) is 8.36. The van der Waals surface area contributed by atoms with Crippen LogP contribution < -0.4 is 0 Å². The van der Waals surface area contributed by atoms with Gasteiger partial charge in [-0.1, -0.05) is 164 Å². The Hall–Kier alpha value is -8.25. The number of hydrogen-bond acceptors (Lipinski definition) is 4. The van der Waals surface area contributed by atoms with Gasteiger partial charge < -0.3 is 4.57 Å². The zero-order valence-corrected chi connectivity index (χ0v) is 35.3. The quantitative estimate of drug-likeness (QED) is 0.157. The van der Waals surface area contributed by atoms with E-state index in [1.807, 2.05) is 11.3 Å². The molecule has 10 aromatic carbocycles. The van der Waals surface area contributed by atoms with Crippen molar-refractivity contribution in [2.75, 3.05) is 0 Å². The number of aromatic nitrogens is 4. The summed E-state index contributed by atoms with van der Waals surface area (Å²) in [5.74, 6) is 1.83. The molecule has 0 aliphatic rings. The topological polar surface area (TPSA) is 43.6 Å². The number of para-hydroxylation sites is 2. The molecule has 0 unspecified atom stereocenters. The zero-order valence-electron chi connectivity index (χ0n) is 34.5. The average Bonchev–Trinajstić information content (AvgIpc) is 3.91. The highest BCUT2D eigenvalue weighted by Crippen LogP contribution is 2.40. The predicted molar refractivity (Wildman–Crippen MR) is 269 cm³/mol. The van der Waals surface area contributed by atoms with E-state index in [2.05, 4.69) is 223 Å². The van der Waals surface area contributed by atoms with Gasteiger partial charge in [-0.3, -0.25) is 0 Å². The molecular weight excluding hydrogens is 797 g/mol. The summed E-state index contributed by atoms with van der Waals surface area (Å²) in [7, 11) is 0. The number of fused-ring (bicyclic) bond motifs is 9. The normalized spacial score (nSPS) is 11.8. The molecular formula is C59H36N4S. The van der Waals surface area contributed by atoms with Gasteiger partial charge in [0.05, 0.1) is 16.7 Å². The maximum absolute atomic E-state index is 5.42. The van der Waals surface area contributed by atoms with E-state index in [1.54, 1.807) is 0 Å². The molecule has 0 spiro atoms. The van der Waals surface area contributed by atoms with E-state index in [-0.39, 0.29) is 0 Å². The fraction of sp³-hybridized carbons (Fsp3) is 0. The summed E-state index contributed by atoms with van der Waals surface area (Å²) in [5.41, 5.74) is 10.5. The van der Waals surface area contributed by atoms with Crippen LogP contribution >= 0.6 is 11.3 Å². The van der Waals surface area contributed by atoms with Gasteiger partial charge in [0.2, 0.25) is 0 Å². The van der Waals surface area contributed by atoms with Gasteiger partial charge in [-0.05, 0) is 98.4 Å². The second-order valence-corrected chi connectivity index (χ2v) is 17.5. The van der Waals surface area contributed by atoms with Crippen molar-refractivity contribution in [3.8, 4) is 62.1 Å². The molecule has 5 heteroatoms. The Bertz CT molecular complexity index is 3920. The van der Waals surface area contributed by atoms with Crippen molar-refractivity contribution in [1.82, 2.24) is 19.5 Å². The molecule has 0 N–H and O–H groups in total. The van der Waals surface area contributed by atoms with Gasteiger partial charge in [-0.2, -0.15) is 0 Å². The zero-order chi connectivity index (χ0) is 42.1. The fourth-order valence-corrected chi connectivity index (χ4v) is 10.6. The summed E-state index contributed by atoms with van der Waals surface area (Å²) < 4.78 is 4.96. The lowest BCUT2D eigenvalue weighted by Crippen LogP contribution is -2.04. The average molecular weight is 833 g/mol. The summed E-state index contributed by atoms with van der Waals surface area (Å²) in [5, 5.41) is 9.72. The molecule has 0 saturated carbocycles. The van der Waals surface area contributed by atoms with E-state index < -0.39 is 0 Å². The molecule has 4 nitrogen and oxygen atoms in total. The largest absolute Gasteiger partial charge is 0.308 e. The van der Waals surface area contributed by atoms with E-state index in [9.17, 15) is 0 Å². The Morgan fingerprint density at radius 2 is 0.844 bits per heavy atom. The third-order valence-electron chi connectivity index (χ3n) is 12.6. The highest BCUT2D eigenvalue weighted by Gasteiger charge is 2.21. The highest BCUT2D eigenvalue weighted by atomic mass is 32.1. The molecule has 0 amide bonds. The summed E-state index contributed by atoms with van der Waals surface area (Å²) in [6.07, 6.45) is 0. The summed E-state index contributed by atoms with van der Waals surface area (Å²) in [4.78, 5) is 16.1. The molecule has 0 aliphatic heterocycles. The molecule has 13 aromatic rings. The first-order valence-electron chi connectivity index (χ1n) is 21.6. The molecule has 0 fully saturated rings. The molecule has 13 rings (SSSR count). The van der Waals surface area contributed by atoms with Crippen molar-refractivity contribution in [2.45, 2.75) is 0 Å². The van der Waals surface area contributed by atoms with E-state index in [4.69, 9.17) is 15.0 Å². The van der Waals surface area contributed by atoms with E-state index in [0.717, 1.165) is 61.1 Å². The van der Waals surface area contributed by atoms with Crippen LogP contribution in [0, 0.1) is 0 Å². The van der Waals surface area contributed by atoms with Crippen LogP contribution in [0.15, 0.2) is 218 Å². The third-order valence-corrected chi connectivity index (χ3v) is 13.8. The van der Waals surface area contributed by atoms with Crippen LogP contribution in [-0.2, 0) is 0 Å². The Labute approximate surface area is 373 Å². The molecule has 3 heterocycles. The van der Waals surface area contributed by atoms with E-state index in [1.165, 1.54) is 47.1 Å².